The molecule has 0 aliphatic heterocycles. The van der Waals surface area contributed by atoms with E-state index >= 15 is 0 Å². The first-order valence-corrected chi connectivity index (χ1v) is 11.3. The lowest BCUT2D eigenvalue weighted by Crippen LogP contribution is -2.58. The van der Waals surface area contributed by atoms with Crippen molar-refractivity contribution in [1.29, 1.82) is 0 Å². The Hall–Kier alpha value is -3.12. The van der Waals surface area contributed by atoms with E-state index in [4.69, 9.17) is 10.8 Å². The zero-order chi connectivity index (χ0) is 25.8. The topological polar surface area (TPSA) is 188 Å². The van der Waals surface area contributed by atoms with Crippen molar-refractivity contribution >= 4 is 42.3 Å². The maximum absolute atomic E-state index is 12.8. The highest BCUT2D eigenvalue weighted by Crippen LogP contribution is 2.08. The van der Waals surface area contributed by atoms with Crippen LogP contribution in [0.4, 0.5) is 0 Å². The molecule has 188 valence electrons. The highest BCUT2D eigenvalue weighted by Gasteiger charge is 2.31. The van der Waals surface area contributed by atoms with Crippen molar-refractivity contribution in [3.05, 3.63) is 35.9 Å². The molecule has 11 nitrogen and oxygen atoms in total. The molecule has 0 spiro atoms. The van der Waals surface area contributed by atoms with Gasteiger partial charge in [0.15, 0.2) is 0 Å². The van der Waals surface area contributed by atoms with Crippen LogP contribution in [0, 0.1) is 5.92 Å². The molecule has 1 aromatic carbocycles. The Labute approximate surface area is 203 Å². The van der Waals surface area contributed by atoms with Gasteiger partial charge in [-0.3, -0.25) is 19.2 Å². The summed E-state index contributed by atoms with van der Waals surface area (Å²) in [5.41, 5.74) is 6.71. The second-order valence-corrected chi connectivity index (χ2v) is 8.59. The molecule has 0 fully saturated rings. The van der Waals surface area contributed by atoms with E-state index in [9.17, 15) is 29.1 Å². The van der Waals surface area contributed by atoms with E-state index in [1.54, 1.807) is 44.2 Å². The van der Waals surface area contributed by atoms with Gasteiger partial charge < -0.3 is 31.9 Å². The van der Waals surface area contributed by atoms with Gasteiger partial charge in [0.05, 0.1) is 12.5 Å². The van der Waals surface area contributed by atoms with Crippen LogP contribution < -0.4 is 21.7 Å². The Morgan fingerprint density at radius 3 is 1.91 bits per heavy atom. The minimum atomic E-state index is -1.49. The average Bonchev–Trinajstić information content (AvgIpc) is 2.75. The predicted octanol–water partition coefficient (Wildman–Crippen LogP) is -0.454. The molecule has 12 heteroatoms. The third-order valence-electron chi connectivity index (χ3n) is 4.78. The van der Waals surface area contributed by atoms with Gasteiger partial charge in [-0.1, -0.05) is 44.2 Å². The summed E-state index contributed by atoms with van der Waals surface area (Å²) in [6, 6.07) is 3.97. The second-order valence-electron chi connectivity index (χ2n) is 8.23. The van der Waals surface area contributed by atoms with Gasteiger partial charge in [-0.25, -0.2) is 4.79 Å². The molecule has 34 heavy (non-hydrogen) atoms. The van der Waals surface area contributed by atoms with Crippen LogP contribution in [0.5, 0.6) is 0 Å². The van der Waals surface area contributed by atoms with Crippen LogP contribution >= 0.6 is 12.6 Å². The lowest BCUT2D eigenvalue weighted by atomic mass is 10.0. The molecule has 4 unspecified atom stereocenters. The summed E-state index contributed by atoms with van der Waals surface area (Å²) in [5, 5.41) is 25.4. The van der Waals surface area contributed by atoms with E-state index in [1.165, 1.54) is 0 Å². The van der Waals surface area contributed by atoms with Gasteiger partial charge >= 0.3 is 11.9 Å². The smallest absolute Gasteiger partial charge is 0.327 e. The van der Waals surface area contributed by atoms with E-state index in [0.29, 0.717) is 0 Å². The molecule has 0 saturated heterocycles. The van der Waals surface area contributed by atoms with Gasteiger partial charge in [0, 0.05) is 5.75 Å². The Balaban J connectivity index is 2.93. The Morgan fingerprint density at radius 2 is 1.41 bits per heavy atom. The zero-order valence-electron chi connectivity index (χ0n) is 19.1. The van der Waals surface area contributed by atoms with Crippen molar-refractivity contribution in [2.24, 2.45) is 11.7 Å². The number of aliphatic carboxylic acids is 2. The van der Waals surface area contributed by atoms with Crippen LogP contribution in [0.2, 0.25) is 0 Å². The molecule has 0 bridgehead atoms. The monoisotopic (exact) mass is 496 g/mol. The Bertz CT molecular complexity index is 866. The fraction of sp³-hybridized carbons (Fsp3) is 0.500. The van der Waals surface area contributed by atoms with Crippen LogP contribution in [-0.2, 0) is 30.4 Å². The van der Waals surface area contributed by atoms with Crippen molar-refractivity contribution < 1.29 is 34.2 Å². The number of carbonyl (C=O) groups excluding carboxylic acids is 3. The Kier molecular flexibility index (Phi) is 12.1. The molecule has 3 amide bonds. The first kappa shape index (κ1) is 28.9. The summed E-state index contributed by atoms with van der Waals surface area (Å²) in [5.74, 6) is -5.26. The summed E-state index contributed by atoms with van der Waals surface area (Å²) in [6.45, 7) is 3.58. The number of carboxylic acids is 2. The SMILES string of the molecule is CC(C)CC(NC(=O)C(CC(=O)O)NC(=O)C(N)Cc1ccccc1)C(=O)NC(CS)C(=O)O. The number of amides is 3. The minimum absolute atomic E-state index is 0.0675. The van der Waals surface area contributed by atoms with Gasteiger partial charge in [-0.05, 0) is 24.3 Å². The predicted molar refractivity (Wildman–Crippen MR) is 127 cm³/mol. The number of carbonyl (C=O) groups is 5. The summed E-state index contributed by atoms with van der Waals surface area (Å²) >= 11 is 3.89. The lowest BCUT2D eigenvalue weighted by molar-refractivity contribution is -0.143. The minimum Gasteiger partial charge on any atom is -0.481 e. The molecular weight excluding hydrogens is 464 g/mol. The fourth-order valence-corrected chi connectivity index (χ4v) is 3.30. The molecule has 4 atom stereocenters. The summed E-state index contributed by atoms with van der Waals surface area (Å²) < 4.78 is 0. The normalized spacial score (nSPS) is 14.4. The molecule has 0 radical (unpaired) electrons. The molecule has 1 aromatic rings. The molecule has 7 N–H and O–H groups in total. The summed E-state index contributed by atoms with van der Waals surface area (Å²) in [7, 11) is 0. The first-order chi connectivity index (χ1) is 15.9. The zero-order valence-corrected chi connectivity index (χ0v) is 20.0. The summed E-state index contributed by atoms with van der Waals surface area (Å²) in [6.07, 6.45) is -0.412. The Morgan fingerprint density at radius 1 is 0.882 bits per heavy atom. The molecule has 1 rings (SSSR count). The van der Waals surface area contributed by atoms with E-state index in [-0.39, 0.29) is 24.5 Å². The maximum atomic E-state index is 12.8. The van der Waals surface area contributed by atoms with Crippen LogP contribution in [0.25, 0.3) is 0 Å². The van der Waals surface area contributed by atoms with Gasteiger partial charge in [-0.15, -0.1) is 0 Å². The van der Waals surface area contributed by atoms with Crippen LogP contribution in [0.15, 0.2) is 30.3 Å². The van der Waals surface area contributed by atoms with Gasteiger partial charge in [-0.2, -0.15) is 12.6 Å². The maximum Gasteiger partial charge on any atom is 0.327 e. The van der Waals surface area contributed by atoms with Crippen molar-refractivity contribution in [1.82, 2.24) is 16.0 Å². The number of rotatable bonds is 14. The highest BCUT2D eigenvalue weighted by atomic mass is 32.1. The van der Waals surface area contributed by atoms with Crippen molar-refractivity contribution in [3.63, 3.8) is 0 Å². The number of carboxylic acid groups (broad SMARTS) is 2. The molecule has 0 heterocycles. The third-order valence-corrected chi connectivity index (χ3v) is 5.15. The van der Waals surface area contributed by atoms with E-state index in [0.717, 1.165) is 5.56 Å². The van der Waals surface area contributed by atoms with Crippen LogP contribution in [-0.4, -0.2) is 69.8 Å². The molecular formula is C22H32N4O7S. The number of nitrogens with two attached hydrogens (primary N) is 1. The molecule has 0 saturated carbocycles. The number of thiol groups is 1. The van der Waals surface area contributed by atoms with Crippen molar-refractivity contribution in [2.45, 2.75) is 57.3 Å². The average molecular weight is 497 g/mol. The highest BCUT2D eigenvalue weighted by molar-refractivity contribution is 7.80. The fourth-order valence-electron chi connectivity index (χ4n) is 3.06. The third kappa shape index (κ3) is 10.2. The van der Waals surface area contributed by atoms with Crippen LogP contribution in [0.1, 0.15) is 32.3 Å². The number of nitrogens with one attached hydrogen (secondary N) is 3. The largest absolute Gasteiger partial charge is 0.481 e. The van der Waals surface area contributed by atoms with Gasteiger partial charge in [0.25, 0.3) is 0 Å². The van der Waals surface area contributed by atoms with Gasteiger partial charge in [0.2, 0.25) is 17.7 Å². The van der Waals surface area contributed by atoms with Crippen molar-refractivity contribution in [3.8, 4) is 0 Å². The van der Waals surface area contributed by atoms with Gasteiger partial charge in [0.1, 0.15) is 18.1 Å². The van der Waals surface area contributed by atoms with E-state index in [1.807, 2.05) is 0 Å². The quantitative estimate of drug-likeness (QED) is 0.169. The van der Waals surface area contributed by atoms with E-state index < -0.39 is 60.2 Å². The summed E-state index contributed by atoms with van der Waals surface area (Å²) in [4.78, 5) is 60.5. The standard InChI is InChI=1S/C22H32N4O7S/c1-12(2)8-15(20(30)26-17(11-34)22(32)33)25-21(31)16(10-18(27)28)24-19(29)14(23)9-13-6-4-3-5-7-13/h3-7,12,14-17,34H,8-11,23H2,1-2H3,(H,24,29)(H,25,31)(H,26,30)(H,27,28)(H,32,33). The molecule has 0 aliphatic carbocycles. The number of hydrogen-bond donors (Lipinski definition) is 7. The lowest BCUT2D eigenvalue weighted by Gasteiger charge is -2.25. The second kappa shape index (κ2) is 14.2. The van der Waals surface area contributed by atoms with Crippen molar-refractivity contribution in [2.75, 3.05) is 5.75 Å². The number of hydrogen-bond acceptors (Lipinski definition) is 7. The number of benzene rings is 1. The van der Waals surface area contributed by atoms with Crippen LogP contribution in [0.3, 0.4) is 0 Å². The molecule has 0 aromatic heterocycles. The molecule has 0 aliphatic rings. The first-order valence-electron chi connectivity index (χ1n) is 10.7. The van der Waals surface area contributed by atoms with E-state index in [2.05, 4.69) is 28.6 Å².